The van der Waals surface area contributed by atoms with Gasteiger partial charge in [0.05, 0.1) is 16.5 Å². The van der Waals surface area contributed by atoms with Gasteiger partial charge in [0.1, 0.15) is 10.7 Å². The largest absolute Gasteiger partial charge is 0.459 e. The number of thiophene rings is 1. The number of anilines is 1. The normalized spacial score (nSPS) is 11.6. The topological polar surface area (TPSA) is 116 Å². The summed E-state index contributed by atoms with van der Waals surface area (Å²) in [5.74, 6) is -2.56. The fourth-order valence-electron chi connectivity index (χ4n) is 2.34. The molecule has 0 aliphatic rings. The van der Waals surface area contributed by atoms with Crippen molar-refractivity contribution in [3.05, 3.63) is 33.5 Å². The zero-order chi connectivity index (χ0) is 21.4. The first-order valence-electron chi connectivity index (χ1n) is 7.89. The van der Waals surface area contributed by atoms with E-state index in [4.69, 9.17) is 10.5 Å². The first kappa shape index (κ1) is 21.4. The van der Waals surface area contributed by atoms with Crippen LogP contribution in [0.2, 0.25) is 0 Å². The predicted molar refractivity (Wildman–Crippen MR) is 94.3 cm³/mol. The minimum absolute atomic E-state index is 0.0204. The van der Waals surface area contributed by atoms with Crippen molar-refractivity contribution in [2.24, 2.45) is 12.8 Å². The number of carbonyl (C=O) groups excluding carboxylic acids is 3. The van der Waals surface area contributed by atoms with Crippen LogP contribution in [-0.4, -0.2) is 33.7 Å². The van der Waals surface area contributed by atoms with Gasteiger partial charge in [-0.3, -0.25) is 14.3 Å². The zero-order valence-corrected chi connectivity index (χ0v) is 16.1. The van der Waals surface area contributed by atoms with E-state index < -0.39 is 35.8 Å². The van der Waals surface area contributed by atoms with Crippen LogP contribution in [0.4, 0.5) is 18.2 Å². The lowest BCUT2D eigenvalue weighted by molar-refractivity contribution is -0.141. The van der Waals surface area contributed by atoms with Crippen molar-refractivity contribution >= 4 is 34.1 Å². The molecule has 8 nitrogen and oxygen atoms in total. The molecule has 0 aliphatic heterocycles. The molecule has 28 heavy (non-hydrogen) atoms. The Bertz CT molecular complexity index is 947. The number of hydrogen-bond donors (Lipinski definition) is 2. The standard InChI is InChI=1S/C16H17F3N4O4S/c1-6(2)27-15(26)10-7(3)11(12(20)24)28-14(10)21-13(25)8-5-9(16(17,18)19)22-23(8)4/h5-6H,1-4H3,(H2,20,24)(H,21,25). The van der Waals surface area contributed by atoms with Crippen LogP contribution in [-0.2, 0) is 18.0 Å². The van der Waals surface area contributed by atoms with E-state index in [1.54, 1.807) is 13.8 Å². The second-order valence-corrected chi connectivity index (χ2v) is 7.09. The van der Waals surface area contributed by atoms with Crippen molar-refractivity contribution in [3.63, 3.8) is 0 Å². The van der Waals surface area contributed by atoms with Gasteiger partial charge in [-0.25, -0.2) is 4.79 Å². The van der Waals surface area contributed by atoms with Gasteiger partial charge in [0, 0.05) is 13.1 Å². The number of rotatable bonds is 5. The molecule has 0 saturated carbocycles. The minimum Gasteiger partial charge on any atom is -0.459 e. The van der Waals surface area contributed by atoms with E-state index in [9.17, 15) is 27.6 Å². The molecular formula is C16H17F3N4O4S. The first-order valence-corrected chi connectivity index (χ1v) is 8.71. The minimum atomic E-state index is -4.72. The molecule has 0 fully saturated rings. The Morgan fingerprint density at radius 3 is 2.39 bits per heavy atom. The van der Waals surface area contributed by atoms with Crippen molar-refractivity contribution in [1.29, 1.82) is 0 Å². The van der Waals surface area contributed by atoms with Gasteiger partial charge in [-0.05, 0) is 26.3 Å². The maximum absolute atomic E-state index is 12.8. The van der Waals surface area contributed by atoms with Crippen LogP contribution in [0.25, 0.3) is 0 Å². The highest BCUT2D eigenvalue weighted by atomic mass is 32.1. The van der Waals surface area contributed by atoms with E-state index in [2.05, 4.69) is 10.4 Å². The highest BCUT2D eigenvalue weighted by Gasteiger charge is 2.36. The van der Waals surface area contributed by atoms with E-state index in [1.807, 2.05) is 0 Å². The van der Waals surface area contributed by atoms with Crippen molar-refractivity contribution in [2.75, 3.05) is 5.32 Å². The van der Waals surface area contributed by atoms with E-state index in [0.717, 1.165) is 16.0 Å². The Morgan fingerprint density at radius 1 is 1.32 bits per heavy atom. The van der Waals surface area contributed by atoms with Crippen LogP contribution in [0.15, 0.2) is 6.07 Å². The molecule has 2 heterocycles. The second-order valence-electron chi connectivity index (χ2n) is 6.07. The number of amides is 2. The summed E-state index contributed by atoms with van der Waals surface area (Å²) in [6, 6.07) is 0.580. The molecule has 2 aromatic rings. The quantitative estimate of drug-likeness (QED) is 0.725. The highest BCUT2D eigenvalue weighted by Crippen LogP contribution is 2.34. The van der Waals surface area contributed by atoms with Crippen LogP contribution in [0.1, 0.15) is 55.6 Å². The van der Waals surface area contributed by atoms with Gasteiger partial charge in [0.25, 0.3) is 11.8 Å². The van der Waals surface area contributed by atoms with E-state index in [1.165, 1.54) is 14.0 Å². The lowest BCUT2D eigenvalue weighted by Crippen LogP contribution is -2.19. The van der Waals surface area contributed by atoms with Crippen LogP contribution < -0.4 is 11.1 Å². The third kappa shape index (κ3) is 4.32. The smallest absolute Gasteiger partial charge is 0.435 e. The number of nitrogens with zero attached hydrogens (tertiary/aromatic N) is 2. The molecule has 12 heteroatoms. The number of aryl methyl sites for hydroxylation is 1. The molecule has 0 atom stereocenters. The number of ether oxygens (including phenoxy) is 1. The molecule has 0 unspecified atom stereocenters. The summed E-state index contributed by atoms with van der Waals surface area (Å²) in [7, 11) is 1.17. The Morgan fingerprint density at radius 2 is 1.93 bits per heavy atom. The highest BCUT2D eigenvalue weighted by molar-refractivity contribution is 7.18. The number of primary amides is 1. The molecule has 3 N–H and O–H groups in total. The molecule has 0 saturated heterocycles. The van der Waals surface area contributed by atoms with Crippen LogP contribution in [0.3, 0.4) is 0 Å². The average molecular weight is 418 g/mol. The summed E-state index contributed by atoms with van der Waals surface area (Å²) in [4.78, 5) is 36.4. The van der Waals surface area contributed by atoms with Crippen LogP contribution >= 0.6 is 11.3 Å². The number of carbonyl (C=O) groups is 3. The molecule has 0 spiro atoms. The molecular weight excluding hydrogens is 401 g/mol. The maximum atomic E-state index is 12.8. The van der Waals surface area contributed by atoms with Gasteiger partial charge in [0.15, 0.2) is 5.69 Å². The fourth-order valence-corrected chi connectivity index (χ4v) is 3.38. The maximum Gasteiger partial charge on any atom is 0.435 e. The number of halogens is 3. The Hall–Kier alpha value is -2.89. The van der Waals surface area contributed by atoms with Gasteiger partial charge in [-0.2, -0.15) is 18.3 Å². The Labute approximate surface area is 161 Å². The van der Waals surface area contributed by atoms with Gasteiger partial charge < -0.3 is 15.8 Å². The molecule has 0 radical (unpaired) electrons. The number of alkyl halides is 3. The van der Waals surface area contributed by atoms with Crippen LogP contribution in [0, 0.1) is 6.92 Å². The van der Waals surface area contributed by atoms with Gasteiger partial charge in [-0.15, -0.1) is 11.3 Å². The zero-order valence-electron chi connectivity index (χ0n) is 15.3. The molecule has 152 valence electrons. The summed E-state index contributed by atoms with van der Waals surface area (Å²) in [6.45, 7) is 4.68. The molecule has 2 rings (SSSR count). The van der Waals surface area contributed by atoms with Crippen molar-refractivity contribution < 1.29 is 32.3 Å². The molecule has 0 aliphatic carbocycles. The summed E-state index contributed by atoms with van der Waals surface area (Å²) in [5.41, 5.74) is 3.78. The Kier molecular flexibility index (Phi) is 5.83. The molecule has 2 amide bonds. The van der Waals surface area contributed by atoms with Crippen molar-refractivity contribution in [1.82, 2.24) is 9.78 Å². The van der Waals surface area contributed by atoms with E-state index in [-0.39, 0.29) is 26.7 Å². The Balaban J connectivity index is 2.44. The third-order valence-electron chi connectivity index (χ3n) is 3.55. The number of hydrogen-bond acceptors (Lipinski definition) is 6. The summed E-state index contributed by atoms with van der Waals surface area (Å²) < 4.78 is 44.2. The van der Waals surface area contributed by atoms with Crippen molar-refractivity contribution in [3.8, 4) is 0 Å². The SMILES string of the molecule is Cc1c(C(N)=O)sc(NC(=O)c2cc(C(F)(F)F)nn2C)c1C(=O)OC(C)C. The first-order chi connectivity index (χ1) is 12.8. The predicted octanol–water partition coefficient (Wildman–Crippen LogP) is 2.73. The lowest BCUT2D eigenvalue weighted by atomic mass is 10.1. The number of nitrogens with two attached hydrogens (primary N) is 1. The van der Waals surface area contributed by atoms with Gasteiger partial charge >= 0.3 is 12.1 Å². The van der Waals surface area contributed by atoms with E-state index >= 15 is 0 Å². The average Bonchev–Trinajstić information content (AvgIpc) is 3.07. The lowest BCUT2D eigenvalue weighted by Gasteiger charge is -2.10. The molecule has 0 aromatic carbocycles. The van der Waals surface area contributed by atoms with E-state index in [0.29, 0.717) is 6.07 Å². The number of esters is 1. The molecule has 2 aromatic heterocycles. The summed E-state index contributed by atoms with van der Waals surface area (Å²) in [5, 5.41) is 5.55. The monoisotopic (exact) mass is 418 g/mol. The van der Waals surface area contributed by atoms with Crippen LogP contribution in [0.5, 0.6) is 0 Å². The summed E-state index contributed by atoms with van der Waals surface area (Å²) >= 11 is 0.732. The summed E-state index contributed by atoms with van der Waals surface area (Å²) in [6.07, 6.45) is -5.19. The van der Waals surface area contributed by atoms with Gasteiger partial charge in [0.2, 0.25) is 0 Å². The fraction of sp³-hybridized carbons (Fsp3) is 0.375. The number of aromatic nitrogens is 2. The third-order valence-corrected chi connectivity index (χ3v) is 4.77. The van der Waals surface area contributed by atoms with Gasteiger partial charge in [-0.1, -0.05) is 0 Å². The van der Waals surface area contributed by atoms with Crippen molar-refractivity contribution in [2.45, 2.75) is 33.1 Å². The second kappa shape index (κ2) is 7.62. The number of nitrogens with one attached hydrogen (secondary N) is 1. The molecule has 0 bridgehead atoms.